The summed E-state index contributed by atoms with van der Waals surface area (Å²) in [6.45, 7) is 2.05. The van der Waals surface area contributed by atoms with Crippen LogP contribution < -0.4 is 42.4 Å². The molecular weight excluding hydrogens is 1500 g/mol. The molecular formula is C55H54Au3F3O4P3S+2. The third kappa shape index (κ3) is 21.7. The molecule has 0 saturated carbocycles. The van der Waals surface area contributed by atoms with Crippen LogP contribution in [0, 0.1) is 0 Å². The van der Waals surface area contributed by atoms with Gasteiger partial charge in [0, 0.05) is 67.1 Å². The van der Waals surface area contributed by atoms with Crippen molar-refractivity contribution in [2.24, 2.45) is 0 Å². The Bertz CT molecular complexity index is 2360. The Morgan fingerprint density at radius 2 is 0.594 bits per heavy atom. The fourth-order valence-corrected chi connectivity index (χ4v) is 14.2. The maximum Gasteiger partial charge on any atom is 0.485 e. The van der Waals surface area contributed by atoms with Crippen LogP contribution in [0.15, 0.2) is 267 Å². The molecule has 0 spiro atoms. The Labute approximate surface area is 456 Å². The van der Waals surface area contributed by atoms with Gasteiger partial charge in [-0.05, 0) is 110 Å². The van der Waals surface area contributed by atoms with E-state index in [1.807, 2.05) is 6.92 Å². The second kappa shape index (κ2) is 34.7. The first-order valence-corrected chi connectivity index (χ1v) is 27.0. The van der Waals surface area contributed by atoms with Crippen LogP contribution in [0.2, 0.25) is 0 Å². The van der Waals surface area contributed by atoms with Crippen LogP contribution in [-0.4, -0.2) is 30.1 Å². The maximum absolute atomic E-state index is 10.7. The maximum atomic E-state index is 10.7. The van der Waals surface area contributed by atoms with Crippen molar-refractivity contribution in [3.63, 3.8) is 0 Å². The number of alkyl halides is 3. The first-order valence-electron chi connectivity index (χ1n) is 20.9. The molecule has 0 amide bonds. The summed E-state index contributed by atoms with van der Waals surface area (Å²) in [6, 6.07) is 86.7. The smallest absolute Gasteiger partial charge is 0.485 e. The predicted octanol–water partition coefficient (Wildman–Crippen LogP) is 9.56. The second-order valence-corrected chi connectivity index (χ2v) is 23.1. The number of hydrogen-bond acceptors (Lipinski definition) is 3. The Kier molecular flexibility index (Phi) is 31.9. The first kappa shape index (κ1) is 63.4. The van der Waals surface area contributed by atoms with Gasteiger partial charge in [-0.1, -0.05) is 164 Å². The minimum atomic E-state index is -6.09. The van der Waals surface area contributed by atoms with Gasteiger partial charge in [-0.15, -0.1) is 0 Å². The van der Waals surface area contributed by atoms with Crippen molar-refractivity contribution in [2.45, 2.75) is 12.4 Å². The van der Waals surface area contributed by atoms with Gasteiger partial charge >= 0.3 is 5.51 Å². The Balaban J connectivity index is 0.000000467. The Morgan fingerprint density at radius 3 is 0.768 bits per heavy atom. The van der Waals surface area contributed by atoms with Crippen molar-refractivity contribution in [3.05, 3.63) is 267 Å². The number of allylic oxidation sites excluding steroid dienone is 4. The molecule has 0 aliphatic heterocycles. The van der Waals surface area contributed by atoms with Gasteiger partial charge in [-0.2, -0.15) is 13.2 Å². The summed E-state index contributed by atoms with van der Waals surface area (Å²) in [4.78, 5) is 0. The molecule has 0 aromatic heterocycles. The molecule has 0 heterocycles. The van der Waals surface area contributed by atoms with E-state index < -0.39 is 39.4 Å². The van der Waals surface area contributed by atoms with Gasteiger partial charge in [0.15, 0.2) is 10.1 Å². The van der Waals surface area contributed by atoms with Crippen molar-refractivity contribution >= 4 is 76.3 Å². The van der Waals surface area contributed by atoms with Crippen molar-refractivity contribution in [1.29, 1.82) is 0 Å². The van der Waals surface area contributed by atoms with Crippen molar-refractivity contribution in [1.82, 2.24) is 0 Å². The predicted molar refractivity (Wildman–Crippen MR) is 282 cm³/mol. The van der Waals surface area contributed by atoms with E-state index in [2.05, 4.69) is 267 Å². The number of halogens is 3. The summed E-state index contributed by atoms with van der Waals surface area (Å²) < 4.78 is 58.9. The molecule has 8 aromatic carbocycles. The van der Waals surface area contributed by atoms with E-state index in [9.17, 15) is 13.2 Å². The van der Waals surface area contributed by atoms with E-state index >= 15 is 0 Å². The third-order valence-electron chi connectivity index (χ3n) is 9.66. The quantitative estimate of drug-likeness (QED) is 0.0425. The van der Waals surface area contributed by atoms with Gasteiger partial charge in [0.05, 0.1) is 40.5 Å². The summed E-state index contributed by atoms with van der Waals surface area (Å²) in [5, 5.41) is 11.6. The first-order chi connectivity index (χ1) is 31.6. The molecule has 0 saturated heterocycles. The molecule has 0 fully saturated rings. The summed E-state index contributed by atoms with van der Waals surface area (Å²) in [5.74, 6) is 0. The SMILES string of the molecule is C/C=C\C=C/C[PH+](c1ccccc1)c1ccccc1.O.O=S(=O)([O-])C(F)(F)F.[Au].[Au].[Au].c1ccc([PH+](c2ccccc2)c2ccccc2)cc1.c1ccc([PH+](c2ccccc2)c2ccccc2)cc1. The topological polar surface area (TPSA) is 88.7 Å². The molecule has 8 rings (SSSR count). The van der Waals surface area contributed by atoms with Crippen LogP contribution in [0.4, 0.5) is 13.2 Å². The molecule has 0 bridgehead atoms. The average Bonchev–Trinajstić information content (AvgIpc) is 3.34. The van der Waals surface area contributed by atoms with Gasteiger partial charge in [-0.25, -0.2) is 8.42 Å². The average molecular weight is 1550 g/mol. The van der Waals surface area contributed by atoms with Crippen LogP contribution in [0.1, 0.15) is 6.92 Å². The number of hydrogen-bond donors (Lipinski definition) is 0. The fraction of sp³-hybridized carbons (Fsp3) is 0.0545. The minimum Gasteiger partial charge on any atom is -0.741 e. The molecule has 0 aliphatic carbocycles. The van der Waals surface area contributed by atoms with E-state index in [1.54, 1.807) is 0 Å². The molecule has 371 valence electrons. The van der Waals surface area contributed by atoms with Crippen LogP contribution in [0.25, 0.3) is 0 Å². The molecule has 2 N–H and O–H groups in total. The zero-order valence-corrected chi connectivity index (χ0v) is 47.6. The molecule has 0 unspecified atom stereocenters. The monoisotopic (exact) mass is 1550 g/mol. The molecule has 4 nitrogen and oxygen atoms in total. The second-order valence-electron chi connectivity index (χ2n) is 14.2. The van der Waals surface area contributed by atoms with E-state index in [4.69, 9.17) is 13.0 Å². The molecule has 3 radical (unpaired) electrons. The molecule has 69 heavy (non-hydrogen) atoms. The van der Waals surface area contributed by atoms with Gasteiger partial charge in [-0.3, -0.25) is 0 Å². The molecule has 8 aromatic rings. The standard InChI is InChI=1S/2C18H15P.C18H19P.CHF3O3S.3Au.H2O/c2*1-4-10-16(11-5-1)19(17-12-6-2-7-13-17)18-14-8-3-9-15-18;1-2-3-4-11-16-19(17-12-7-5-8-13-17)18-14-9-6-10-15-18;2-1(3,4)8(5,6)7;;;;/h2*1-15H;2-15H,16H2,1H3;(H,5,6,7);;;;1H2/p+2/b;;3-2-,11-4-;;;;;. The molecule has 0 atom stereocenters. The Morgan fingerprint density at radius 1 is 0.406 bits per heavy atom. The fourth-order valence-electron chi connectivity index (χ4n) is 6.69. The minimum absolute atomic E-state index is 0. The van der Waals surface area contributed by atoms with Gasteiger partial charge in [0.25, 0.3) is 0 Å². The van der Waals surface area contributed by atoms with E-state index in [-0.39, 0.29) is 72.6 Å². The zero-order valence-electron chi connectivity index (χ0n) is 37.3. The van der Waals surface area contributed by atoms with E-state index in [0.29, 0.717) is 0 Å². The van der Waals surface area contributed by atoms with Crippen molar-refractivity contribution in [2.75, 3.05) is 6.16 Å². The van der Waals surface area contributed by atoms with Crippen LogP contribution in [0.3, 0.4) is 0 Å². The zero-order chi connectivity index (χ0) is 46.2. The summed E-state index contributed by atoms with van der Waals surface area (Å²) in [6.07, 6.45) is 9.72. The van der Waals surface area contributed by atoms with Crippen LogP contribution in [-0.2, 0) is 77.3 Å². The summed E-state index contributed by atoms with van der Waals surface area (Å²) >= 11 is 0. The number of benzene rings is 8. The number of rotatable bonds is 11. The van der Waals surface area contributed by atoms with Crippen LogP contribution >= 0.6 is 23.8 Å². The normalized spacial score (nSPS) is 10.7. The summed E-state index contributed by atoms with van der Waals surface area (Å²) in [7, 11) is -8.55. The molecule has 0 aliphatic rings. The summed E-state index contributed by atoms with van der Waals surface area (Å²) in [5.41, 5.74) is -5.65. The van der Waals surface area contributed by atoms with Crippen molar-refractivity contribution in [3.8, 4) is 0 Å². The third-order valence-corrected chi connectivity index (χ3v) is 18.4. The van der Waals surface area contributed by atoms with E-state index in [0.717, 1.165) is 6.16 Å². The van der Waals surface area contributed by atoms with E-state index in [1.165, 1.54) is 42.4 Å². The van der Waals surface area contributed by atoms with Crippen LogP contribution in [0.5, 0.6) is 0 Å². The van der Waals surface area contributed by atoms with Gasteiger partial charge in [0.2, 0.25) is 0 Å². The van der Waals surface area contributed by atoms with Crippen molar-refractivity contribution < 1.29 is 98.8 Å². The largest absolute Gasteiger partial charge is 0.741 e. The molecule has 14 heteroatoms. The van der Waals surface area contributed by atoms with Gasteiger partial charge in [0.1, 0.15) is 31.8 Å². The Hall–Kier alpha value is -3.59. The van der Waals surface area contributed by atoms with Gasteiger partial charge < -0.3 is 10.0 Å².